The third kappa shape index (κ3) is 3.99. The predicted molar refractivity (Wildman–Crippen MR) is 65.9 cm³/mol. The van der Waals surface area contributed by atoms with Crippen LogP contribution in [0, 0.1) is 6.92 Å². The SMILES string of the molecule is Cc1ccc(NCC(O)CO)c(S(C)(=O)=O)c1. The Balaban J connectivity index is 3.00. The van der Waals surface area contributed by atoms with Crippen molar-refractivity contribution in [2.45, 2.75) is 17.9 Å². The lowest BCUT2D eigenvalue weighted by Gasteiger charge is -2.13. The van der Waals surface area contributed by atoms with Crippen LogP contribution in [0.15, 0.2) is 23.1 Å². The third-order valence-corrected chi connectivity index (χ3v) is 3.41. The second kappa shape index (κ2) is 5.48. The molecule has 5 nitrogen and oxygen atoms in total. The van der Waals surface area contributed by atoms with Crippen molar-refractivity contribution in [1.29, 1.82) is 0 Å². The first kappa shape index (κ1) is 14.0. The zero-order chi connectivity index (χ0) is 13.1. The fraction of sp³-hybridized carbons (Fsp3) is 0.455. The molecule has 0 spiro atoms. The minimum atomic E-state index is -3.32. The van der Waals surface area contributed by atoms with Crippen LogP contribution in [0.2, 0.25) is 0 Å². The normalized spacial score (nSPS) is 13.4. The van der Waals surface area contributed by atoms with E-state index in [0.29, 0.717) is 5.69 Å². The molecular formula is C11H17NO4S. The molecular weight excluding hydrogens is 242 g/mol. The molecule has 3 N–H and O–H groups in total. The number of aliphatic hydroxyl groups is 2. The summed E-state index contributed by atoms with van der Waals surface area (Å²) in [5, 5.41) is 20.7. The van der Waals surface area contributed by atoms with Crippen molar-refractivity contribution >= 4 is 15.5 Å². The van der Waals surface area contributed by atoms with Gasteiger partial charge in [-0.05, 0) is 24.6 Å². The number of aryl methyl sites for hydroxylation is 1. The van der Waals surface area contributed by atoms with Gasteiger partial charge in [-0.2, -0.15) is 0 Å². The molecule has 0 fully saturated rings. The smallest absolute Gasteiger partial charge is 0.177 e. The van der Waals surface area contributed by atoms with Gasteiger partial charge in [0, 0.05) is 12.8 Å². The van der Waals surface area contributed by atoms with E-state index in [4.69, 9.17) is 5.11 Å². The van der Waals surface area contributed by atoms with E-state index in [-0.39, 0.29) is 18.0 Å². The van der Waals surface area contributed by atoms with Crippen molar-refractivity contribution in [3.05, 3.63) is 23.8 Å². The average molecular weight is 259 g/mol. The number of hydrogen-bond acceptors (Lipinski definition) is 5. The predicted octanol–water partition coefficient (Wildman–Crippen LogP) is 0.164. The Morgan fingerprint density at radius 1 is 1.41 bits per heavy atom. The molecule has 96 valence electrons. The quantitative estimate of drug-likeness (QED) is 0.701. The summed E-state index contributed by atoms with van der Waals surface area (Å²) in [6.07, 6.45) is 0.221. The molecule has 0 aromatic heterocycles. The minimum absolute atomic E-state index is 0.0993. The number of hydrogen-bond donors (Lipinski definition) is 3. The van der Waals surface area contributed by atoms with Gasteiger partial charge in [0.15, 0.2) is 9.84 Å². The van der Waals surface area contributed by atoms with E-state index in [0.717, 1.165) is 11.8 Å². The van der Waals surface area contributed by atoms with E-state index in [9.17, 15) is 13.5 Å². The van der Waals surface area contributed by atoms with E-state index in [1.807, 2.05) is 0 Å². The van der Waals surface area contributed by atoms with E-state index in [1.165, 1.54) is 0 Å². The molecule has 1 atom stereocenters. The molecule has 0 radical (unpaired) electrons. The first-order chi connectivity index (χ1) is 7.84. The minimum Gasteiger partial charge on any atom is -0.394 e. The molecule has 1 aromatic carbocycles. The summed E-state index contributed by atoms with van der Waals surface area (Å²) >= 11 is 0. The molecule has 0 saturated carbocycles. The largest absolute Gasteiger partial charge is 0.394 e. The second-order valence-corrected chi connectivity index (χ2v) is 5.97. The van der Waals surface area contributed by atoms with Gasteiger partial charge in [-0.3, -0.25) is 0 Å². The van der Waals surface area contributed by atoms with Gasteiger partial charge in [0.05, 0.1) is 23.3 Å². The Labute approximate surface area is 101 Å². The first-order valence-electron chi connectivity index (χ1n) is 5.18. The van der Waals surface area contributed by atoms with Gasteiger partial charge < -0.3 is 15.5 Å². The van der Waals surface area contributed by atoms with Crippen molar-refractivity contribution in [2.75, 3.05) is 24.7 Å². The fourth-order valence-corrected chi connectivity index (χ4v) is 2.31. The Kier molecular flexibility index (Phi) is 4.50. The standard InChI is InChI=1S/C11H17NO4S/c1-8-3-4-10(12-6-9(14)7-13)11(5-8)17(2,15)16/h3-5,9,12-14H,6-7H2,1-2H3. The molecule has 0 bridgehead atoms. The number of anilines is 1. The summed E-state index contributed by atoms with van der Waals surface area (Å²) in [6, 6.07) is 5.00. The Morgan fingerprint density at radius 2 is 2.06 bits per heavy atom. The summed E-state index contributed by atoms with van der Waals surface area (Å²) in [4.78, 5) is 0.197. The number of aliphatic hydroxyl groups excluding tert-OH is 2. The first-order valence-corrected chi connectivity index (χ1v) is 7.07. The highest BCUT2D eigenvalue weighted by Crippen LogP contribution is 2.22. The molecule has 0 saturated heterocycles. The molecule has 17 heavy (non-hydrogen) atoms. The van der Waals surface area contributed by atoms with Crippen LogP contribution in [-0.2, 0) is 9.84 Å². The molecule has 0 aliphatic rings. The summed E-state index contributed by atoms with van der Waals surface area (Å²) in [6.45, 7) is 1.54. The Hall–Kier alpha value is -1.11. The number of benzene rings is 1. The number of sulfone groups is 1. The van der Waals surface area contributed by atoms with E-state index >= 15 is 0 Å². The molecule has 1 aromatic rings. The van der Waals surface area contributed by atoms with Gasteiger partial charge in [0.1, 0.15) is 0 Å². The molecule has 0 amide bonds. The fourth-order valence-electron chi connectivity index (χ4n) is 1.37. The Morgan fingerprint density at radius 3 is 2.59 bits per heavy atom. The third-order valence-electron chi connectivity index (χ3n) is 2.28. The monoisotopic (exact) mass is 259 g/mol. The van der Waals surface area contributed by atoms with Gasteiger partial charge in [-0.15, -0.1) is 0 Å². The average Bonchev–Trinajstić information content (AvgIpc) is 2.25. The van der Waals surface area contributed by atoms with Crippen LogP contribution in [-0.4, -0.2) is 44.1 Å². The zero-order valence-electron chi connectivity index (χ0n) is 9.84. The summed E-state index contributed by atoms with van der Waals surface area (Å²) in [5.41, 5.74) is 1.28. The molecule has 1 rings (SSSR count). The van der Waals surface area contributed by atoms with Gasteiger partial charge in [-0.1, -0.05) is 6.07 Å². The highest BCUT2D eigenvalue weighted by atomic mass is 32.2. The molecule has 0 aliphatic carbocycles. The van der Waals surface area contributed by atoms with Crippen LogP contribution in [0.5, 0.6) is 0 Å². The van der Waals surface area contributed by atoms with E-state index in [2.05, 4.69) is 5.32 Å². The second-order valence-electron chi connectivity index (χ2n) is 3.99. The maximum atomic E-state index is 11.6. The van der Waals surface area contributed by atoms with Crippen molar-refractivity contribution in [2.24, 2.45) is 0 Å². The van der Waals surface area contributed by atoms with Gasteiger partial charge >= 0.3 is 0 Å². The zero-order valence-corrected chi connectivity index (χ0v) is 10.7. The lowest BCUT2D eigenvalue weighted by molar-refractivity contribution is 0.105. The lowest BCUT2D eigenvalue weighted by atomic mass is 10.2. The summed E-state index contributed by atoms with van der Waals surface area (Å²) < 4.78 is 23.1. The van der Waals surface area contributed by atoms with Crippen LogP contribution in [0.25, 0.3) is 0 Å². The maximum absolute atomic E-state index is 11.6. The number of nitrogens with one attached hydrogen (secondary N) is 1. The van der Waals surface area contributed by atoms with Crippen LogP contribution in [0.1, 0.15) is 5.56 Å². The Bertz CT molecular complexity index is 484. The molecule has 1 unspecified atom stereocenters. The number of rotatable bonds is 5. The van der Waals surface area contributed by atoms with Crippen molar-refractivity contribution in [1.82, 2.24) is 0 Å². The highest BCUT2D eigenvalue weighted by Gasteiger charge is 2.14. The highest BCUT2D eigenvalue weighted by molar-refractivity contribution is 7.90. The van der Waals surface area contributed by atoms with Gasteiger partial charge in [0.25, 0.3) is 0 Å². The molecule has 6 heteroatoms. The van der Waals surface area contributed by atoms with E-state index < -0.39 is 15.9 Å². The molecule has 0 heterocycles. The van der Waals surface area contributed by atoms with Crippen molar-refractivity contribution in [3.8, 4) is 0 Å². The van der Waals surface area contributed by atoms with Crippen molar-refractivity contribution in [3.63, 3.8) is 0 Å². The summed E-state index contributed by atoms with van der Waals surface area (Å²) in [7, 11) is -3.32. The van der Waals surface area contributed by atoms with Crippen LogP contribution in [0.4, 0.5) is 5.69 Å². The van der Waals surface area contributed by atoms with Gasteiger partial charge in [0.2, 0.25) is 0 Å². The van der Waals surface area contributed by atoms with E-state index in [1.54, 1.807) is 25.1 Å². The van der Waals surface area contributed by atoms with Crippen LogP contribution >= 0.6 is 0 Å². The molecule has 0 aliphatic heterocycles. The van der Waals surface area contributed by atoms with Crippen molar-refractivity contribution < 1.29 is 18.6 Å². The van der Waals surface area contributed by atoms with Crippen LogP contribution < -0.4 is 5.32 Å². The topological polar surface area (TPSA) is 86.6 Å². The van der Waals surface area contributed by atoms with Gasteiger partial charge in [-0.25, -0.2) is 8.42 Å². The summed E-state index contributed by atoms with van der Waals surface area (Å²) in [5.74, 6) is 0. The lowest BCUT2D eigenvalue weighted by Crippen LogP contribution is -2.23. The maximum Gasteiger partial charge on any atom is 0.177 e. The van der Waals surface area contributed by atoms with Crippen LogP contribution in [0.3, 0.4) is 0 Å².